The maximum Gasteiger partial charge on any atom is 0.451 e. The number of nitrogens with zero attached hydrogens (tertiary/aromatic N) is 4. The highest BCUT2D eigenvalue weighted by atomic mass is 19.4. The van der Waals surface area contributed by atoms with Gasteiger partial charge in [-0.15, -0.1) is 5.10 Å². The fourth-order valence-corrected chi connectivity index (χ4v) is 2.21. The maximum atomic E-state index is 12.4. The van der Waals surface area contributed by atoms with Crippen molar-refractivity contribution in [1.82, 2.24) is 24.7 Å². The van der Waals surface area contributed by atoms with Crippen LogP contribution in [-0.2, 0) is 17.5 Å². The highest BCUT2D eigenvalue weighted by molar-refractivity contribution is 5.89. The lowest BCUT2D eigenvalue weighted by molar-refractivity contribution is -0.144. The van der Waals surface area contributed by atoms with Gasteiger partial charge >= 0.3 is 6.18 Å². The number of aromatic amines is 1. The van der Waals surface area contributed by atoms with Crippen molar-refractivity contribution >= 4 is 22.8 Å². The molecule has 0 saturated heterocycles. The Morgan fingerprint density at radius 3 is 2.80 bits per heavy atom. The van der Waals surface area contributed by atoms with E-state index in [1.807, 2.05) is 0 Å². The first-order valence-corrected chi connectivity index (χ1v) is 7.00. The topological polar surface area (TPSA) is 106 Å². The fraction of sp³-hybridized carbons (Fsp3) is 0.214. The summed E-state index contributed by atoms with van der Waals surface area (Å²) in [5, 5.41) is 7.36. The summed E-state index contributed by atoms with van der Waals surface area (Å²) in [6.07, 6.45) is -3.50. The molecule has 0 unspecified atom stereocenters. The normalized spacial score (nSPS) is 11.7. The molecule has 130 valence electrons. The van der Waals surface area contributed by atoms with E-state index in [4.69, 9.17) is 0 Å². The molecule has 0 aliphatic rings. The second-order valence-electron chi connectivity index (χ2n) is 5.20. The summed E-state index contributed by atoms with van der Waals surface area (Å²) < 4.78 is 38.3. The van der Waals surface area contributed by atoms with Crippen LogP contribution in [0.4, 0.5) is 19.1 Å². The lowest BCUT2D eigenvalue weighted by Crippen LogP contribution is -2.28. The van der Waals surface area contributed by atoms with Crippen LogP contribution in [0.3, 0.4) is 0 Å². The van der Waals surface area contributed by atoms with E-state index in [1.165, 1.54) is 6.33 Å². The van der Waals surface area contributed by atoms with E-state index >= 15 is 0 Å². The molecule has 1 aromatic carbocycles. The number of rotatable bonds is 3. The van der Waals surface area contributed by atoms with Gasteiger partial charge in [0.15, 0.2) is 0 Å². The summed E-state index contributed by atoms with van der Waals surface area (Å²) in [5.74, 6) is -2.62. The number of hydrogen-bond donors (Lipinski definition) is 2. The number of hydrogen-bond acceptors (Lipinski definition) is 5. The number of para-hydroxylation sites is 1. The van der Waals surface area contributed by atoms with Crippen LogP contribution in [0.1, 0.15) is 11.4 Å². The second-order valence-corrected chi connectivity index (χ2v) is 5.20. The number of fused-ring (bicyclic) bond motifs is 1. The molecular weight excluding hydrogens is 341 g/mol. The van der Waals surface area contributed by atoms with Crippen LogP contribution in [0.5, 0.6) is 0 Å². The van der Waals surface area contributed by atoms with Crippen molar-refractivity contribution in [3.8, 4) is 0 Å². The van der Waals surface area contributed by atoms with Crippen molar-refractivity contribution in [2.24, 2.45) is 0 Å². The predicted octanol–water partition coefficient (Wildman–Crippen LogP) is 1.48. The molecule has 25 heavy (non-hydrogen) atoms. The molecule has 2 heterocycles. The van der Waals surface area contributed by atoms with Crippen LogP contribution < -0.4 is 10.9 Å². The van der Waals surface area contributed by atoms with Gasteiger partial charge in [-0.25, -0.2) is 4.98 Å². The lowest BCUT2D eigenvalue weighted by Gasteiger charge is -2.07. The third-order valence-electron chi connectivity index (χ3n) is 3.37. The molecule has 2 aromatic heterocycles. The van der Waals surface area contributed by atoms with Gasteiger partial charge in [0.2, 0.25) is 17.7 Å². The average molecular weight is 352 g/mol. The minimum absolute atomic E-state index is 0.340. The molecule has 0 atom stereocenters. The first kappa shape index (κ1) is 16.6. The van der Waals surface area contributed by atoms with Crippen LogP contribution in [-0.4, -0.2) is 30.6 Å². The minimum Gasteiger partial charge on any atom is -0.292 e. The molecule has 0 bridgehead atoms. The van der Waals surface area contributed by atoms with Crippen LogP contribution in [0.15, 0.2) is 29.3 Å². The van der Waals surface area contributed by atoms with Gasteiger partial charge in [-0.3, -0.25) is 24.6 Å². The zero-order valence-corrected chi connectivity index (χ0v) is 12.8. The Morgan fingerprint density at radius 2 is 2.12 bits per heavy atom. The molecule has 11 heteroatoms. The van der Waals surface area contributed by atoms with Gasteiger partial charge in [-0.05, 0) is 18.6 Å². The van der Waals surface area contributed by atoms with Crippen molar-refractivity contribution in [3.05, 3.63) is 46.3 Å². The first-order chi connectivity index (χ1) is 11.8. The van der Waals surface area contributed by atoms with Crippen LogP contribution in [0.25, 0.3) is 10.9 Å². The second kappa shape index (κ2) is 6.00. The van der Waals surface area contributed by atoms with Crippen LogP contribution in [0, 0.1) is 6.92 Å². The number of benzene rings is 1. The molecule has 0 aliphatic heterocycles. The number of amides is 1. The quantitative estimate of drug-likeness (QED) is 0.743. The van der Waals surface area contributed by atoms with Crippen molar-refractivity contribution in [2.45, 2.75) is 19.6 Å². The first-order valence-electron chi connectivity index (χ1n) is 7.00. The van der Waals surface area contributed by atoms with Gasteiger partial charge in [0.05, 0.1) is 17.2 Å². The summed E-state index contributed by atoms with van der Waals surface area (Å²) >= 11 is 0. The SMILES string of the molecule is Cc1cccc2c(=O)n(CC(=O)Nc3n[nH]c(C(F)(F)F)n3)cnc12. The van der Waals surface area contributed by atoms with Gasteiger partial charge in [0.1, 0.15) is 6.54 Å². The molecule has 1 amide bonds. The van der Waals surface area contributed by atoms with Gasteiger partial charge in [0, 0.05) is 0 Å². The molecule has 0 saturated carbocycles. The van der Waals surface area contributed by atoms with Crippen LogP contribution in [0.2, 0.25) is 0 Å². The highest BCUT2D eigenvalue weighted by Gasteiger charge is 2.35. The zero-order chi connectivity index (χ0) is 18.2. The minimum atomic E-state index is -4.70. The van der Waals surface area contributed by atoms with E-state index in [0.29, 0.717) is 10.9 Å². The lowest BCUT2D eigenvalue weighted by atomic mass is 10.1. The summed E-state index contributed by atoms with van der Waals surface area (Å²) in [7, 11) is 0. The monoisotopic (exact) mass is 352 g/mol. The zero-order valence-electron chi connectivity index (χ0n) is 12.8. The Morgan fingerprint density at radius 1 is 1.36 bits per heavy atom. The Labute approximate surface area is 137 Å². The number of aromatic nitrogens is 5. The third-order valence-corrected chi connectivity index (χ3v) is 3.37. The number of alkyl halides is 3. The number of aryl methyl sites for hydroxylation is 1. The molecule has 0 radical (unpaired) electrons. The number of carbonyl (C=O) groups is 1. The van der Waals surface area contributed by atoms with Crippen molar-refractivity contribution < 1.29 is 18.0 Å². The standard InChI is InChI=1S/C14H11F3N6O2/c1-7-3-2-4-8-10(7)18-6-23(11(8)25)5-9(24)19-13-20-12(21-22-13)14(15,16)17/h2-4,6H,5H2,1H3,(H2,19,20,21,22,24). The molecule has 3 rings (SSSR count). The Hall–Kier alpha value is -3.24. The number of halogens is 3. The van der Waals surface area contributed by atoms with E-state index in [0.717, 1.165) is 10.1 Å². The van der Waals surface area contributed by atoms with Gasteiger partial charge < -0.3 is 0 Å². The van der Waals surface area contributed by atoms with E-state index in [1.54, 1.807) is 30.2 Å². The predicted molar refractivity (Wildman–Crippen MR) is 80.8 cm³/mol. The van der Waals surface area contributed by atoms with Gasteiger partial charge in [-0.1, -0.05) is 12.1 Å². The number of nitrogens with one attached hydrogen (secondary N) is 2. The van der Waals surface area contributed by atoms with Gasteiger partial charge in [-0.2, -0.15) is 18.2 Å². The average Bonchev–Trinajstić information content (AvgIpc) is 2.99. The largest absolute Gasteiger partial charge is 0.451 e. The summed E-state index contributed by atoms with van der Waals surface area (Å²) in [6.45, 7) is 1.36. The van der Waals surface area contributed by atoms with Crippen molar-refractivity contribution in [3.63, 3.8) is 0 Å². The van der Waals surface area contributed by atoms with Crippen molar-refractivity contribution in [2.75, 3.05) is 5.32 Å². The number of carbonyl (C=O) groups excluding carboxylic acids is 1. The smallest absolute Gasteiger partial charge is 0.292 e. The van der Waals surface area contributed by atoms with Crippen molar-refractivity contribution in [1.29, 1.82) is 0 Å². The van der Waals surface area contributed by atoms with E-state index in [2.05, 4.69) is 20.4 Å². The van der Waals surface area contributed by atoms with E-state index < -0.39 is 36.0 Å². The maximum absolute atomic E-state index is 12.4. The Kier molecular flexibility index (Phi) is 3.99. The summed E-state index contributed by atoms with van der Waals surface area (Å²) in [6, 6.07) is 5.07. The van der Waals surface area contributed by atoms with Gasteiger partial charge in [0.25, 0.3) is 5.56 Å². The molecule has 0 fully saturated rings. The molecule has 3 aromatic rings. The number of H-pyrrole nitrogens is 1. The molecule has 8 nitrogen and oxygen atoms in total. The fourth-order valence-electron chi connectivity index (χ4n) is 2.21. The summed E-state index contributed by atoms with van der Waals surface area (Å²) in [4.78, 5) is 31.5. The highest BCUT2D eigenvalue weighted by Crippen LogP contribution is 2.26. The Balaban J connectivity index is 1.79. The number of anilines is 1. The van der Waals surface area contributed by atoms with E-state index in [-0.39, 0.29) is 0 Å². The summed E-state index contributed by atoms with van der Waals surface area (Å²) in [5.41, 5.74) is 0.898. The van der Waals surface area contributed by atoms with Crippen LogP contribution >= 0.6 is 0 Å². The molecule has 0 spiro atoms. The third kappa shape index (κ3) is 3.34. The molecule has 2 N–H and O–H groups in total. The Bertz CT molecular complexity index is 1010. The molecular formula is C14H11F3N6O2. The molecule has 0 aliphatic carbocycles. The van der Waals surface area contributed by atoms with E-state index in [9.17, 15) is 22.8 Å².